The summed E-state index contributed by atoms with van der Waals surface area (Å²) in [4.78, 5) is 5.14. The minimum Gasteiger partial charge on any atom is -0.369 e. The standard InChI is InChI=1S/C17H24N2S/c1-4-11-18-12-16-9-10-17(20-16)13-19(3)15-7-5-14(2)6-8-15/h5-10,18H,4,11-13H2,1-3H3. The van der Waals surface area contributed by atoms with Crippen LogP contribution in [0.25, 0.3) is 0 Å². The predicted molar refractivity (Wildman–Crippen MR) is 89.6 cm³/mol. The lowest BCUT2D eigenvalue weighted by molar-refractivity contribution is 0.681. The minimum absolute atomic E-state index is 0.974. The van der Waals surface area contributed by atoms with Crippen LogP contribution in [0.1, 0.15) is 28.7 Å². The molecule has 0 amide bonds. The van der Waals surface area contributed by atoms with Crippen molar-refractivity contribution in [2.75, 3.05) is 18.5 Å². The zero-order valence-corrected chi connectivity index (χ0v) is 13.5. The third kappa shape index (κ3) is 4.36. The second-order valence-corrected chi connectivity index (χ2v) is 6.49. The molecule has 0 saturated carbocycles. The first-order chi connectivity index (χ1) is 9.69. The number of anilines is 1. The molecule has 0 atom stereocenters. The van der Waals surface area contributed by atoms with Gasteiger partial charge in [0.2, 0.25) is 0 Å². The van der Waals surface area contributed by atoms with Crippen molar-refractivity contribution in [3.05, 3.63) is 51.7 Å². The van der Waals surface area contributed by atoms with Gasteiger partial charge < -0.3 is 10.2 Å². The van der Waals surface area contributed by atoms with Gasteiger partial charge in [-0.1, -0.05) is 24.6 Å². The number of benzene rings is 1. The van der Waals surface area contributed by atoms with E-state index in [0.717, 1.165) is 19.6 Å². The summed E-state index contributed by atoms with van der Waals surface area (Å²) >= 11 is 1.91. The second kappa shape index (κ2) is 7.46. The third-order valence-electron chi connectivity index (χ3n) is 3.31. The lowest BCUT2D eigenvalue weighted by Gasteiger charge is -2.18. The normalized spacial score (nSPS) is 10.8. The summed E-state index contributed by atoms with van der Waals surface area (Å²) in [6.07, 6.45) is 1.19. The van der Waals surface area contributed by atoms with Crippen LogP contribution in [0.3, 0.4) is 0 Å². The maximum absolute atomic E-state index is 3.45. The lowest BCUT2D eigenvalue weighted by Crippen LogP contribution is -2.15. The first-order valence-electron chi connectivity index (χ1n) is 7.25. The van der Waals surface area contributed by atoms with Crippen LogP contribution in [0.5, 0.6) is 0 Å². The van der Waals surface area contributed by atoms with Crippen molar-refractivity contribution in [3.63, 3.8) is 0 Å². The summed E-state index contributed by atoms with van der Waals surface area (Å²) in [5.74, 6) is 0. The summed E-state index contributed by atoms with van der Waals surface area (Å²) in [5, 5.41) is 3.45. The monoisotopic (exact) mass is 288 g/mol. The molecule has 0 spiro atoms. The van der Waals surface area contributed by atoms with Crippen molar-refractivity contribution in [1.82, 2.24) is 5.32 Å². The second-order valence-electron chi connectivity index (χ2n) is 5.24. The van der Waals surface area contributed by atoms with Crippen molar-refractivity contribution in [3.8, 4) is 0 Å². The van der Waals surface area contributed by atoms with E-state index in [1.165, 1.54) is 27.4 Å². The summed E-state index contributed by atoms with van der Waals surface area (Å²) < 4.78 is 0. The van der Waals surface area contributed by atoms with Gasteiger partial charge in [-0.3, -0.25) is 0 Å². The Labute approximate surface area is 126 Å². The Morgan fingerprint density at radius 2 is 1.75 bits per heavy atom. The fraction of sp³-hybridized carbons (Fsp3) is 0.412. The van der Waals surface area contributed by atoms with Crippen molar-refractivity contribution in [2.45, 2.75) is 33.4 Å². The number of hydrogen-bond donors (Lipinski definition) is 1. The average molecular weight is 288 g/mol. The van der Waals surface area contributed by atoms with Crippen LogP contribution in [0.15, 0.2) is 36.4 Å². The highest BCUT2D eigenvalue weighted by Gasteiger charge is 2.05. The van der Waals surface area contributed by atoms with Gasteiger partial charge in [0.25, 0.3) is 0 Å². The maximum atomic E-state index is 3.45. The Balaban J connectivity index is 1.91. The third-order valence-corrected chi connectivity index (χ3v) is 4.38. The Bertz CT molecular complexity index is 516. The number of rotatable bonds is 7. The summed E-state index contributed by atoms with van der Waals surface area (Å²) in [7, 11) is 2.15. The van der Waals surface area contributed by atoms with Gasteiger partial charge in [0.15, 0.2) is 0 Å². The highest BCUT2D eigenvalue weighted by atomic mass is 32.1. The Kier molecular flexibility index (Phi) is 5.62. The molecule has 3 heteroatoms. The minimum atomic E-state index is 0.974. The predicted octanol–water partition coefficient (Wildman–Crippen LogP) is 4.19. The van der Waals surface area contributed by atoms with Crippen molar-refractivity contribution >= 4 is 17.0 Å². The first-order valence-corrected chi connectivity index (χ1v) is 8.07. The van der Waals surface area contributed by atoms with Gasteiger partial charge in [0, 0.05) is 29.0 Å². The Morgan fingerprint density at radius 3 is 2.45 bits per heavy atom. The molecular formula is C17H24N2S. The summed E-state index contributed by atoms with van der Waals surface area (Å²) in [5.41, 5.74) is 2.58. The molecule has 1 aromatic heterocycles. The van der Waals surface area contributed by atoms with Gasteiger partial charge in [-0.25, -0.2) is 0 Å². The molecule has 0 aliphatic heterocycles. The number of hydrogen-bond acceptors (Lipinski definition) is 3. The van der Waals surface area contributed by atoms with Gasteiger partial charge >= 0.3 is 0 Å². The van der Waals surface area contributed by atoms with E-state index in [1.54, 1.807) is 0 Å². The largest absolute Gasteiger partial charge is 0.369 e. The summed E-state index contributed by atoms with van der Waals surface area (Å²) in [6, 6.07) is 13.2. The molecule has 20 heavy (non-hydrogen) atoms. The number of nitrogens with one attached hydrogen (secondary N) is 1. The van der Waals surface area contributed by atoms with E-state index in [-0.39, 0.29) is 0 Å². The average Bonchev–Trinajstić information content (AvgIpc) is 2.87. The highest BCUT2D eigenvalue weighted by molar-refractivity contribution is 7.12. The molecule has 2 nitrogen and oxygen atoms in total. The molecule has 0 aliphatic rings. The first kappa shape index (κ1) is 15.1. The van der Waals surface area contributed by atoms with Gasteiger partial charge in [-0.05, 0) is 44.2 Å². The Morgan fingerprint density at radius 1 is 1.05 bits per heavy atom. The van der Waals surface area contributed by atoms with E-state index in [9.17, 15) is 0 Å². The van der Waals surface area contributed by atoms with E-state index in [0.29, 0.717) is 0 Å². The smallest absolute Gasteiger partial charge is 0.0519 e. The lowest BCUT2D eigenvalue weighted by atomic mass is 10.2. The molecule has 1 N–H and O–H groups in total. The van der Waals surface area contributed by atoms with Gasteiger partial charge in [0.05, 0.1) is 6.54 Å². The van der Waals surface area contributed by atoms with Crippen LogP contribution in [0.4, 0.5) is 5.69 Å². The van der Waals surface area contributed by atoms with Crippen LogP contribution < -0.4 is 10.2 Å². The molecule has 2 rings (SSSR count). The molecule has 1 aromatic carbocycles. The van der Waals surface area contributed by atoms with Crippen molar-refractivity contribution in [1.29, 1.82) is 0 Å². The Hall–Kier alpha value is -1.32. The number of thiophene rings is 1. The molecule has 1 heterocycles. The molecule has 0 saturated heterocycles. The molecule has 2 aromatic rings. The van der Waals surface area contributed by atoms with Crippen molar-refractivity contribution in [2.24, 2.45) is 0 Å². The molecular weight excluding hydrogens is 264 g/mol. The van der Waals surface area contributed by atoms with E-state index >= 15 is 0 Å². The summed E-state index contributed by atoms with van der Waals surface area (Å²) in [6.45, 7) is 7.38. The van der Waals surface area contributed by atoms with Crippen LogP contribution in [0, 0.1) is 6.92 Å². The molecule has 108 valence electrons. The van der Waals surface area contributed by atoms with Gasteiger partial charge in [0.1, 0.15) is 0 Å². The zero-order valence-electron chi connectivity index (χ0n) is 12.6. The van der Waals surface area contributed by atoms with Gasteiger partial charge in [-0.15, -0.1) is 11.3 Å². The number of nitrogens with zero attached hydrogens (tertiary/aromatic N) is 1. The topological polar surface area (TPSA) is 15.3 Å². The molecule has 0 bridgehead atoms. The fourth-order valence-electron chi connectivity index (χ4n) is 2.11. The molecule has 0 unspecified atom stereocenters. The zero-order chi connectivity index (χ0) is 14.4. The van der Waals surface area contributed by atoms with E-state index in [1.807, 2.05) is 11.3 Å². The van der Waals surface area contributed by atoms with E-state index in [2.05, 4.69) is 67.5 Å². The van der Waals surface area contributed by atoms with E-state index < -0.39 is 0 Å². The SMILES string of the molecule is CCCNCc1ccc(CN(C)c2ccc(C)cc2)s1. The van der Waals surface area contributed by atoms with Crippen LogP contribution in [-0.4, -0.2) is 13.6 Å². The van der Waals surface area contributed by atoms with Gasteiger partial charge in [-0.2, -0.15) is 0 Å². The molecule has 0 fully saturated rings. The quantitative estimate of drug-likeness (QED) is 0.768. The maximum Gasteiger partial charge on any atom is 0.0519 e. The van der Waals surface area contributed by atoms with Crippen LogP contribution in [0.2, 0.25) is 0 Å². The number of aryl methyl sites for hydroxylation is 1. The van der Waals surface area contributed by atoms with Crippen molar-refractivity contribution < 1.29 is 0 Å². The van der Waals surface area contributed by atoms with Crippen LogP contribution >= 0.6 is 11.3 Å². The van der Waals surface area contributed by atoms with E-state index in [4.69, 9.17) is 0 Å². The molecule has 0 radical (unpaired) electrons. The highest BCUT2D eigenvalue weighted by Crippen LogP contribution is 2.21. The van der Waals surface area contributed by atoms with Crippen LogP contribution in [-0.2, 0) is 13.1 Å². The molecule has 0 aliphatic carbocycles. The fourth-order valence-corrected chi connectivity index (χ4v) is 3.16.